The van der Waals surface area contributed by atoms with E-state index in [4.69, 9.17) is 5.73 Å². The van der Waals surface area contributed by atoms with Gasteiger partial charge in [-0.25, -0.2) is 0 Å². The zero-order valence-corrected chi connectivity index (χ0v) is 12.4. The number of nitrogens with one attached hydrogen (secondary N) is 1. The third kappa shape index (κ3) is 3.87. The first-order chi connectivity index (χ1) is 8.25. The van der Waals surface area contributed by atoms with Gasteiger partial charge in [-0.1, -0.05) is 0 Å². The average molecular weight is 316 g/mol. The van der Waals surface area contributed by atoms with E-state index in [2.05, 4.69) is 21.2 Å². The molecule has 2 amide bonds. The summed E-state index contributed by atoms with van der Waals surface area (Å²) < 4.78 is 2.68. The number of nitrogens with zero attached hydrogens (tertiary/aromatic N) is 1. The molecule has 6 heteroatoms. The summed E-state index contributed by atoms with van der Waals surface area (Å²) in [5.74, 6) is -0.652. The normalized spacial score (nSPS) is 11.3. The number of amides is 2. The second-order valence-electron chi connectivity index (χ2n) is 4.81. The molecule has 5 nitrogen and oxygen atoms in total. The van der Waals surface area contributed by atoms with Crippen molar-refractivity contribution in [3.8, 4) is 0 Å². The van der Waals surface area contributed by atoms with Crippen LogP contribution in [0.5, 0.6) is 0 Å². The van der Waals surface area contributed by atoms with Gasteiger partial charge < -0.3 is 15.6 Å². The van der Waals surface area contributed by atoms with Gasteiger partial charge in [0.25, 0.3) is 5.91 Å². The summed E-state index contributed by atoms with van der Waals surface area (Å²) in [5.41, 5.74) is 5.05. The van der Waals surface area contributed by atoms with Crippen molar-refractivity contribution in [2.24, 2.45) is 5.73 Å². The van der Waals surface area contributed by atoms with Crippen molar-refractivity contribution in [2.75, 3.05) is 0 Å². The summed E-state index contributed by atoms with van der Waals surface area (Å²) in [6.07, 6.45) is 1.95. The van der Waals surface area contributed by atoms with Crippen LogP contribution in [0.2, 0.25) is 0 Å². The number of halogens is 1. The molecule has 3 N–H and O–H groups in total. The van der Waals surface area contributed by atoms with E-state index in [-0.39, 0.29) is 12.3 Å². The van der Waals surface area contributed by atoms with Gasteiger partial charge >= 0.3 is 0 Å². The van der Waals surface area contributed by atoms with E-state index in [0.717, 1.165) is 4.47 Å². The van der Waals surface area contributed by atoms with Gasteiger partial charge in [-0.3, -0.25) is 9.59 Å². The van der Waals surface area contributed by atoms with Gasteiger partial charge in [0.15, 0.2) is 0 Å². The molecule has 100 valence electrons. The molecule has 0 saturated heterocycles. The number of primary amides is 1. The molecule has 0 aliphatic heterocycles. The van der Waals surface area contributed by atoms with Gasteiger partial charge in [-0.15, -0.1) is 0 Å². The van der Waals surface area contributed by atoms with E-state index < -0.39 is 11.4 Å². The number of rotatable bonds is 5. The molecule has 1 rings (SSSR count). The van der Waals surface area contributed by atoms with Crippen molar-refractivity contribution in [3.63, 3.8) is 0 Å². The van der Waals surface area contributed by atoms with Crippen LogP contribution in [0.25, 0.3) is 0 Å². The van der Waals surface area contributed by atoms with Gasteiger partial charge in [0, 0.05) is 29.2 Å². The third-order valence-corrected chi connectivity index (χ3v) is 2.94. The Hall–Kier alpha value is -1.30. The van der Waals surface area contributed by atoms with Crippen molar-refractivity contribution >= 4 is 27.7 Å². The molecule has 0 spiro atoms. The molecule has 0 aliphatic rings. The van der Waals surface area contributed by atoms with E-state index in [1.54, 1.807) is 19.9 Å². The van der Waals surface area contributed by atoms with Crippen LogP contribution < -0.4 is 11.1 Å². The lowest BCUT2D eigenvalue weighted by atomic mass is 10.00. The highest BCUT2D eigenvalue weighted by Gasteiger charge is 2.24. The Bertz CT molecular complexity index is 466. The van der Waals surface area contributed by atoms with Gasteiger partial charge in [0.1, 0.15) is 5.69 Å². The molecule has 0 saturated carbocycles. The smallest absolute Gasteiger partial charge is 0.268 e. The highest BCUT2D eigenvalue weighted by Crippen LogP contribution is 2.16. The van der Waals surface area contributed by atoms with Crippen molar-refractivity contribution < 1.29 is 9.59 Å². The van der Waals surface area contributed by atoms with Crippen LogP contribution in [0.3, 0.4) is 0 Å². The highest BCUT2D eigenvalue weighted by atomic mass is 79.9. The molecular formula is C12H18BrN3O2. The zero-order chi connectivity index (χ0) is 13.9. The van der Waals surface area contributed by atoms with Gasteiger partial charge in [-0.05, 0) is 42.8 Å². The molecule has 1 aromatic heterocycles. The van der Waals surface area contributed by atoms with E-state index in [9.17, 15) is 9.59 Å². The molecular weight excluding hydrogens is 298 g/mol. The zero-order valence-electron chi connectivity index (χ0n) is 10.8. The monoisotopic (exact) mass is 315 g/mol. The largest absolute Gasteiger partial charge is 0.370 e. The topological polar surface area (TPSA) is 77.1 Å². The fraction of sp³-hybridized carbons (Fsp3) is 0.500. The minimum absolute atomic E-state index is 0.104. The Morgan fingerprint density at radius 1 is 1.50 bits per heavy atom. The van der Waals surface area contributed by atoms with E-state index in [1.165, 1.54) is 0 Å². The molecule has 0 atom stereocenters. The molecule has 0 unspecified atom stereocenters. The van der Waals surface area contributed by atoms with Crippen LogP contribution in [0, 0.1) is 0 Å². The minimum Gasteiger partial charge on any atom is -0.370 e. The Balaban J connectivity index is 2.84. The fourth-order valence-corrected chi connectivity index (χ4v) is 2.24. The summed E-state index contributed by atoms with van der Waals surface area (Å²) >= 11 is 3.34. The molecule has 0 fully saturated rings. The van der Waals surface area contributed by atoms with Crippen molar-refractivity contribution in [1.29, 1.82) is 0 Å². The lowest BCUT2D eigenvalue weighted by molar-refractivity contribution is -0.119. The predicted molar refractivity (Wildman–Crippen MR) is 73.2 cm³/mol. The summed E-state index contributed by atoms with van der Waals surface area (Å²) in [6, 6.07) is 1.75. The Morgan fingerprint density at radius 2 is 2.11 bits per heavy atom. The second kappa shape index (κ2) is 5.56. The average Bonchev–Trinajstić information content (AvgIpc) is 2.56. The minimum atomic E-state index is -0.655. The number of aryl methyl sites for hydroxylation is 1. The maximum Gasteiger partial charge on any atom is 0.268 e. The fourth-order valence-electron chi connectivity index (χ4n) is 1.78. The Morgan fingerprint density at radius 3 is 2.61 bits per heavy atom. The summed E-state index contributed by atoms with van der Waals surface area (Å²) in [5, 5.41) is 2.81. The summed E-state index contributed by atoms with van der Waals surface area (Å²) in [6.45, 7) is 6.19. The number of carbonyl (C=O) groups is 2. The maximum atomic E-state index is 12.1. The first-order valence-electron chi connectivity index (χ1n) is 5.71. The third-order valence-electron chi connectivity index (χ3n) is 2.50. The first-order valence-corrected chi connectivity index (χ1v) is 6.51. The first kappa shape index (κ1) is 14.8. The molecule has 0 aromatic carbocycles. The molecule has 1 heterocycles. The maximum absolute atomic E-state index is 12.1. The molecule has 1 aromatic rings. The lowest BCUT2D eigenvalue weighted by Gasteiger charge is -2.24. The van der Waals surface area contributed by atoms with Crippen LogP contribution in [-0.2, 0) is 11.3 Å². The SMILES string of the molecule is CCn1cc(Br)cc1C(=O)NC(C)(C)CC(N)=O. The van der Waals surface area contributed by atoms with Crippen molar-refractivity contribution in [1.82, 2.24) is 9.88 Å². The highest BCUT2D eigenvalue weighted by molar-refractivity contribution is 9.10. The molecule has 0 aliphatic carbocycles. The number of hydrogen-bond donors (Lipinski definition) is 2. The van der Waals surface area contributed by atoms with E-state index in [1.807, 2.05) is 17.7 Å². The van der Waals surface area contributed by atoms with Crippen molar-refractivity contribution in [2.45, 2.75) is 39.3 Å². The van der Waals surface area contributed by atoms with Crippen LogP contribution in [0.15, 0.2) is 16.7 Å². The van der Waals surface area contributed by atoms with Crippen LogP contribution in [-0.4, -0.2) is 21.9 Å². The second-order valence-corrected chi connectivity index (χ2v) is 5.73. The predicted octanol–water partition coefficient (Wildman–Crippen LogP) is 1.65. The van der Waals surface area contributed by atoms with Crippen molar-refractivity contribution in [3.05, 3.63) is 22.4 Å². The standard InChI is InChI=1S/C12H18BrN3O2/c1-4-16-7-8(13)5-9(16)11(18)15-12(2,3)6-10(14)17/h5,7H,4,6H2,1-3H3,(H2,14,17)(H,15,18). The molecule has 0 bridgehead atoms. The lowest BCUT2D eigenvalue weighted by Crippen LogP contribution is -2.46. The number of aromatic nitrogens is 1. The molecule has 0 radical (unpaired) electrons. The summed E-state index contributed by atoms with van der Waals surface area (Å²) in [7, 11) is 0. The van der Waals surface area contributed by atoms with Gasteiger partial charge in [0.05, 0.1) is 0 Å². The van der Waals surface area contributed by atoms with Gasteiger partial charge in [-0.2, -0.15) is 0 Å². The Labute approximate surface area is 115 Å². The number of hydrogen-bond acceptors (Lipinski definition) is 2. The van der Waals surface area contributed by atoms with Crippen LogP contribution >= 0.6 is 15.9 Å². The quantitative estimate of drug-likeness (QED) is 0.866. The summed E-state index contributed by atoms with van der Waals surface area (Å²) in [4.78, 5) is 23.0. The van der Waals surface area contributed by atoms with Crippen LogP contribution in [0.1, 0.15) is 37.7 Å². The Kier molecular flexibility index (Phi) is 4.56. The van der Waals surface area contributed by atoms with Gasteiger partial charge in [0.2, 0.25) is 5.91 Å². The number of nitrogens with two attached hydrogens (primary N) is 1. The number of carbonyl (C=O) groups excluding carboxylic acids is 2. The van der Waals surface area contributed by atoms with E-state index >= 15 is 0 Å². The van der Waals surface area contributed by atoms with E-state index in [0.29, 0.717) is 12.2 Å². The van der Waals surface area contributed by atoms with Crippen LogP contribution in [0.4, 0.5) is 0 Å². The molecule has 18 heavy (non-hydrogen) atoms.